The van der Waals surface area contributed by atoms with Crippen molar-refractivity contribution in [3.8, 4) is 0 Å². The molecule has 1 heterocycles. The molecule has 1 aromatic rings. The summed E-state index contributed by atoms with van der Waals surface area (Å²) in [4.78, 5) is 0. The van der Waals surface area contributed by atoms with Gasteiger partial charge >= 0.3 is 0 Å². The summed E-state index contributed by atoms with van der Waals surface area (Å²) in [5.41, 5.74) is 8.71. The lowest BCUT2D eigenvalue weighted by molar-refractivity contribution is 0.0952. The molecule has 1 fully saturated rings. The fourth-order valence-electron chi connectivity index (χ4n) is 3.52. The summed E-state index contributed by atoms with van der Waals surface area (Å²) in [6.45, 7) is 12.2. The SMILES string of the molecule is CNC(CC1CCCO1)c1c(C)c(C)c(C)c(C)c1C. The van der Waals surface area contributed by atoms with Gasteiger partial charge < -0.3 is 10.1 Å². The molecule has 1 saturated heterocycles. The molecule has 0 radical (unpaired) electrons. The molecular formula is C18H29NO. The first kappa shape index (κ1) is 15.5. The first-order chi connectivity index (χ1) is 9.47. The second-order valence-electron chi connectivity index (χ2n) is 6.25. The van der Waals surface area contributed by atoms with Crippen molar-refractivity contribution in [2.45, 2.75) is 66.0 Å². The molecule has 0 bridgehead atoms. The van der Waals surface area contributed by atoms with Crippen LogP contribution < -0.4 is 5.32 Å². The number of rotatable bonds is 4. The van der Waals surface area contributed by atoms with Crippen LogP contribution in [-0.4, -0.2) is 19.8 Å². The number of nitrogens with one attached hydrogen (secondary N) is 1. The molecule has 1 aliphatic heterocycles. The van der Waals surface area contributed by atoms with Gasteiger partial charge in [-0.3, -0.25) is 0 Å². The third-order valence-corrected chi connectivity index (χ3v) is 5.28. The summed E-state index contributed by atoms with van der Waals surface area (Å²) >= 11 is 0. The van der Waals surface area contributed by atoms with E-state index in [1.54, 1.807) is 0 Å². The second-order valence-corrected chi connectivity index (χ2v) is 6.25. The molecule has 2 heteroatoms. The zero-order chi connectivity index (χ0) is 14.9. The predicted molar refractivity (Wildman–Crippen MR) is 85.5 cm³/mol. The van der Waals surface area contributed by atoms with Gasteiger partial charge in [0.1, 0.15) is 0 Å². The van der Waals surface area contributed by atoms with Gasteiger partial charge in [-0.25, -0.2) is 0 Å². The Morgan fingerprint density at radius 1 is 1.00 bits per heavy atom. The lowest BCUT2D eigenvalue weighted by atomic mass is 9.84. The van der Waals surface area contributed by atoms with Crippen LogP contribution in [0.5, 0.6) is 0 Å². The van der Waals surface area contributed by atoms with Crippen molar-refractivity contribution in [1.82, 2.24) is 5.32 Å². The Morgan fingerprint density at radius 2 is 1.55 bits per heavy atom. The normalized spacial score (nSPS) is 20.4. The Hall–Kier alpha value is -0.860. The summed E-state index contributed by atoms with van der Waals surface area (Å²) in [6, 6.07) is 0.399. The summed E-state index contributed by atoms with van der Waals surface area (Å²) in [5.74, 6) is 0. The van der Waals surface area contributed by atoms with Crippen LogP contribution >= 0.6 is 0 Å². The molecule has 2 atom stereocenters. The third kappa shape index (κ3) is 2.77. The Balaban J connectivity index is 2.38. The zero-order valence-electron chi connectivity index (χ0n) is 13.9. The van der Waals surface area contributed by atoms with Crippen LogP contribution in [0.25, 0.3) is 0 Å². The number of ether oxygens (including phenoxy) is 1. The molecule has 2 nitrogen and oxygen atoms in total. The van der Waals surface area contributed by atoms with Crippen LogP contribution in [-0.2, 0) is 4.74 Å². The Kier molecular flexibility index (Phi) is 4.87. The minimum Gasteiger partial charge on any atom is -0.378 e. The van der Waals surface area contributed by atoms with Gasteiger partial charge in [-0.05, 0) is 94.3 Å². The zero-order valence-corrected chi connectivity index (χ0v) is 13.9. The Labute approximate surface area is 123 Å². The standard InChI is InChI=1S/C18H29NO/c1-11-12(2)14(4)18(15(5)13(11)3)17(19-6)10-16-8-7-9-20-16/h16-17,19H,7-10H2,1-6H3. The van der Waals surface area contributed by atoms with E-state index in [9.17, 15) is 0 Å². The summed E-state index contributed by atoms with van der Waals surface area (Å²) < 4.78 is 5.83. The topological polar surface area (TPSA) is 21.3 Å². The fourth-order valence-corrected chi connectivity index (χ4v) is 3.52. The van der Waals surface area contributed by atoms with Crippen molar-refractivity contribution >= 4 is 0 Å². The maximum absolute atomic E-state index is 5.83. The molecule has 1 aliphatic rings. The van der Waals surface area contributed by atoms with Gasteiger partial charge in [-0.1, -0.05) is 0 Å². The smallest absolute Gasteiger partial charge is 0.0594 e. The van der Waals surface area contributed by atoms with Gasteiger partial charge in [-0.15, -0.1) is 0 Å². The summed E-state index contributed by atoms with van der Waals surface area (Å²) in [6.07, 6.45) is 3.93. The minimum absolute atomic E-state index is 0.399. The number of hydrogen-bond donors (Lipinski definition) is 1. The molecule has 0 aliphatic carbocycles. The van der Waals surface area contributed by atoms with Crippen LogP contribution in [0.1, 0.15) is 58.7 Å². The van der Waals surface area contributed by atoms with E-state index in [1.807, 2.05) is 0 Å². The molecule has 0 aromatic heterocycles. The fraction of sp³-hybridized carbons (Fsp3) is 0.667. The lowest BCUT2D eigenvalue weighted by Crippen LogP contribution is -2.24. The van der Waals surface area contributed by atoms with E-state index in [0.29, 0.717) is 12.1 Å². The molecule has 2 rings (SSSR count). The van der Waals surface area contributed by atoms with Crippen LogP contribution in [0.2, 0.25) is 0 Å². The molecular weight excluding hydrogens is 246 g/mol. The van der Waals surface area contributed by atoms with Crippen molar-refractivity contribution in [1.29, 1.82) is 0 Å². The lowest BCUT2D eigenvalue weighted by Gasteiger charge is -2.27. The van der Waals surface area contributed by atoms with Crippen molar-refractivity contribution in [3.05, 3.63) is 33.4 Å². The van der Waals surface area contributed by atoms with Gasteiger partial charge in [0.25, 0.3) is 0 Å². The molecule has 0 spiro atoms. The van der Waals surface area contributed by atoms with E-state index in [1.165, 1.54) is 46.2 Å². The number of benzene rings is 1. The molecule has 1 N–H and O–H groups in total. The van der Waals surface area contributed by atoms with Crippen molar-refractivity contribution in [2.24, 2.45) is 0 Å². The van der Waals surface area contributed by atoms with E-state index in [0.717, 1.165) is 13.0 Å². The van der Waals surface area contributed by atoms with Gasteiger partial charge in [-0.2, -0.15) is 0 Å². The average molecular weight is 275 g/mol. The highest BCUT2D eigenvalue weighted by atomic mass is 16.5. The van der Waals surface area contributed by atoms with E-state index < -0.39 is 0 Å². The predicted octanol–water partition coefficient (Wildman–Crippen LogP) is 4.06. The Bertz CT molecular complexity index is 458. The van der Waals surface area contributed by atoms with Gasteiger partial charge in [0.05, 0.1) is 6.10 Å². The van der Waals surface area contributed by atoms with Gasteiger partial charge in [0.2, 0.25) is 0 Å². The molecule has 112 valence electrons. The van der Waals surface area contributed by atoms with Crippen LogP contribution in [0.3, 0.4) is 0 Å². The van der Waals surface area contributed by atoms with E-state index in [2.05, 4.69) is 47.0 Å². The molecule has 0 saturated carbocycles. The van der Waals surface area contributed by atoms with E-state index in [-0.39, 0.29) is 0 Å². The minimum atomic E-state index is 0.399. The van der Waals surface area contributed by atoms with Gasteiger partial charge in [0.15, 0.2) is 0 Å². The van der Waals surface area contributed by atoms with Gasteiger partial charge in [0, 0.05) is 12.6 Å². The maximum Gasteiger partial charge on any atom is 0.0594 e. The van der Waals surface area contributed by atoms with Crippen LogP contribution in [0.15, 0.2) is 0 Å². The first-order valence-corrected chi connectivity index (χ1v) is 7.83. The largest absolute Gasteiger partial charge is 0.378 e. The monoisotopic (exact) mass is 275 g/mol. The molecule has 2 unspecified atom stereocenters. The van der Waals surface area contributed by atoms with Crippen molar-refractivity contribution < 1.29 is 4.74 Å². The molecule has 1 aromatic carbocycles. The van der Waals surface area contributed by atoms with E-state index >= 15 is 0 Å². The summed E-state index contributed by atoms with van der Waals surface area (Å²) in [7, 11) is 2.07. The summed E-state index contributed by atoms with van der Waals surface area (Å²) in [5, 5.41) is 3.52. The molecule has 20 heavy (non-hydrogen) atoms. The third-order valence-electron chi connectivity index (χ3n) is 5.28. The average Bonchev–Trinajstić information content (AvgIpc) is 2.95. The van der Waals surface area contributed by atoms with E-state index in [4.69, 9.17) is 4.74 Å². The van der Waals surface area contributed by atoms with Crippen molar-refractivity contribution in [2.75, 3.05) is 13.7 Å². The molecule has 0 amide bonds. The quantitative estimate of drug-likeness (QED) is 0.894. The Morgan fingerprint density at radius 3 is 2.00 bits per heavy atom. The second kappa shape index (κ2) is 6.28. The van der Waals surface area contributed by atoms with Crippen LogP contribution in [0, 0.1) is 34.6 Å². The van der Waals surface area contributed by atoms with Crippen LogP contribution in [0.4, 0.5) is 0 Å². The number of hydrogen-bond acceptors (Lipinski definition) is 2. The first-order valence-electron chi connectivity index (χ1n) is 7.83. The van der Waals surface area contributed by atoms with Crippen molar-refractivity contribution in [3.63, 3.8) is 0 Å². The highest BCUT2D eigenvalue weighted by molar-refractivity contribution is 5.50. The highest BCUT2D eigenvalue weighted by Gasteiger charge is 2.24. The maximum atomic E-state index is 5.83. The highest BCUT2D eigenvalue weighted by Crippen LogP contribution is 2.33.